The van der Waals surface area contributed by atoms with E-state index in [-0.39, 0.29) is 0 Å². The average Bonchev–Trinajstić information content (AvgIpc) is 2.46. The second-order valence-corrected chi connectivity index (χ2v) is 4.96. The molecule has 1 rings (SSSR count). The number of nitrogens with one attached hydrogen (secondary N) is 2. The molecule has 0 spiro atoms. The summed E-state index contributed by atoms with van der Waals surface area (Å²) in [7, 11) is 1.27. The van der Waals surface area contributed by atoms with Gasteiger partial charge in [-0.05, 0) is 30.5 Å². The van der Waals surface area contributed by atoms with Crippen LogP contribution in [0.5, 0.6) is 0 Å². The third kappa shape index (κ3) is 5.64. The number of carbonyl (C=O) groups is 3. The number of anilines is 1. The van der Waals surface area contributed by atoms with E-state index in [1.807, 2.05) is 13.8 Å². The third-order valence-electron chi connectivity index (χ3n) is 2.76. The maximum atomic E-state index is 11.7. The van der Waals surface area contributed by atoms with Crippen LogP contribution in [0.3, 0.4) is 0 Å². The topological polar surface area (TPSA) is 84.5 Å². The molecule has 2 N–H and O–H groups in total. The third-order valence-corrected chi connectivity index (χ3v) is 2.76. The molecule has 0 bridgehead atoms. The largest absolute Gasteiger partial charge is 0.465 e. The summed E-state index contributed by atoms with van der Waals surface area (Å²) in [5.74, 6) is -1.52. The number of ether oxygens (including phenoxy) is 1. The van der Waals surface area contributed by atoms with E-state index < -0.39 is 17.8 Å². The SMILES string of the molecule is COC(=O)c1cccc(NC(=O)C(=O)NCCC(C)C)c1. The number of methoxy groups -OCH3 is 1. The highest BCUT2D eigenvalue weighted by Crippen LogP contribution is 2.11. The number of amides is 2. The van der Waals surface area contributed by atoms with E-state index in [1.54, 1.807) is 18.2 Å². The lowest BCUT2D eigenvalue weighted by atomic mass is 10.1. The van der Waals surface area contributed by atoms with Gasteiger partial charge in [0.2, 0.25) is 0 Å². The van der Waals surface area contributed by atoms with Crippen LogP contribution in [0.25, 0.3) is 0 Å². The number of esters is 1. The molecule has 114 valence electrons. The van der Waals surface area contributed by atoms with Crippen LogP contribution < -0.4 is 10.6 Å². The highest BCUT2D eigenvalue weighted by molar-refractivity contribution is 6.39. The van der Waals surface area contributed by atoms with Crippen molar-refractivity contribution in [1.29, 1.82) is 0 Å². The number of benzene rings is 1. The molecule has 0 saturated heterocycles. The molecule has 0 saturated carbocycles. The lowest BCUT2D eigenvalue weighted by Gasteiger charge is -2.08. The van der Waals surface area contributed by atoms with Crippen molar-refractivity contribution in [2.45, 2.75) is 20.3 Å². The molecule has 0 aliphatic heterocycles. The normalized spacial score (nSPS) is 10.1. The number of rotatable bonds is 5. The molecule has 0 fully saturated rings. The van der Waals surface area contributed by atoms with E-state index in [9.17, 15) is 14.4 Å². The summed E-state index contributed by atoms with van der Waals surface area (Å²) >= 11 is 0. The molecule has 6 nitrogen and oxygen atoms in total. The first kappa shape index (κ1) is 16.7. The van der Waals surface area contributed by atoms with E-state index in [1.165, 1.54) is 13.2 Å². The lowest BCUT2D eigenvalue weighted by molar-refractivity contribution is -0.136. The van der Waals surface area contributed by atoms with Gasteiger partial charge in [-0.2, -0.15) is 0 Å². The summed E-state index contributed by atoms with van der Waals surface area (Å²) in [6.45, 7) is 4.52. The van der Waals surface area contributed by atoms with Gasteiger partial charge in [-0.1, -0.05) is 19.9 Å². The highest BCUT2D eigenvalue weighted by atomic mass is 16.5. The van der Waals surface area contributed by atoms with E-state index in [4.69, 9.17) is 0 Å². The quantitative estimate of drug-likeness (QED) is 0.637. The van der Waals surface area contributed by atoms with Crippen molar-refractivity contribution < 1.29 is 19.1 Å². The smallest absolute Gasteiger partial charge is 0.337 e. The molecular formula is C15H20N2O4. The highest BCUT2D eigenvalue weighted by Gasteiger charge is 2.14. The molecule has 0 heterocycles. The van der Waals surface area contributed by atoms with Gasteiger partial charge in [-0.3, -0.25) is 9.59 Å². The summed E-state index contributed by atoms with van der Waals surface area (Å²) in [6, 6.07) is 6.19. The van der Waals surface area contributed by atoms with Crippen LogP contribution in [0.1, 0.15) is 30.6 Å². The van der Waals surface area contributed by atoms with Crippen LogP contribution in [0.2, 0.25) is 0 Å². The summed E-state index contributed by atoms with van der Waals surface area (Å²) in [5, 5.41) is 4.98. The molecular weight excluding hydrogens is 272 g/mol. The van der Waals surface area contributed by atoms with Crippen LogP contribution in [0.15, 0.2) is 24.3 Å². The van der Waals surface area contributed by atoms with Gasteiger partial charge in [-0.25, -0.2) is 4.79 Å². The van der Waals surface area contributed by atoms with Crippen molar-refractivity contribution >= 4 is 23.5 Å². The van der Waals surface area contributed by atoms with Gasteiger partial charge < -0.3 is 15.4 Å². The van der Waals surface area contributed by atoms with Crippen LogP contribution in [0.4, 0.5) is 5.69 Å². The summed E-state index contributed by atoms with van der Waals surface area (Å²) in [5.41, 5.74) is 0.664. The maximum absolute atomic E-state index is 11.7. The Balaban J connectivity index is 2.58. The Hall–Kier alpha value is -2.37. The fraction of sp³-hybridized carbons (Fsp3) is 0.400. The minimum absolute atomic E-state index is 0.301. The van der Waals surface area contributed by atoms with Gasteiger partial charge >= 0.3 is 17.8 Å². The summed E-state index contributed by atoms with van der Waals surface area (Å²) in [6.07, 6.45) is 0.802. The lowest BCUT2D eigenvalue weighted by Crippen LogP contribution is -2.36. The first-order chi connectivity index (χ1) is 9.93. The first-order valence-corrected chi connectivity index (χ1v) is 6.71. The Morgan fingerprint density at radius 1 is 1.19 bits per heavy atom. The molecule has 6 heteroatoms. The number of hydrogen-bond acceptors (Lipinski definition) is 4. The Bertz CT molecular complexity index is 526. The van der Waals surface area contributed by atoms with E-state index in [0.29, 0.717) is 23.7 Å². The van der Waals surface area contributed by atoms with Crippen LogP contribution in [0, 0.1) is 5.92 Å². The van der Waals surface area contributed by atoms with Crippen molar-refractivity contribution in [1.82, 2.24) is 5.32 Å². The van der Waals surface area contributed by atoms with Crippen molar-refractivity contribution in [2.75, 3.05) is 19.0 Å². The van der Waals surface area contributed by atoms with Gasteiger partial charge in [-0.15, -0.1) is 0 Å². The van der Waals surface area contributed by atoms with Crippen molar-refractivity contribution in [3.05, 3.63) is 29.8 Å². The minimum atomic E-state index is -0.763. The first-order valence-electron chi connectivity index (χ1n) is 6.71. The Morgan fingerprint density at radius 2 is 1.90 bits per heavy atom. The maximum Gasteiger partial charge on any atom is 0.337 e. The molecule has 0 unspecified atom stereocenters. The van der Waals surface area contributed by atoms with Crippen molar-refractivity contribution in [3.8, 4) is 0 Å². The fourth-order valence-corrected chi connectivity index (χ4v) is 1.58. The number of carbonyl (C=O) groups excluding carboxylic acids is 3. The molecule has 0 atom stereocenters. The van der Waals surface area contributed by atoms with Crippen LogP contribution in [-0.2, 0) is 14.3 Å². The zero-order chi connectivity index (χ0) is 15.8. The Morgan fingerprint density at radius 3 is 2.52 bits per heavy atom. The summed E-state index contributed by atoms with van der Waals surface area (Å²) in [4.78, 5) is 34.7. The minimum Gasteiger partial charge on any atom is -0.465 e. The van der Waals surface area contributed by atoms with Crippen LogP contribution in [-0.4, -0.2) is 31.4 Å². The molecule has 1 aromatic rings. The molecule has 0 radical (unpaired) electrons. The molecule has 0 aliphatic rings. The van der Waals surface area contributed by atoms with Gasteiger partial charge in [0.15, 0.2) is 0 Å². The van der Waals surface area contributed by atoms with Crippen molar-refractivity contribution in [2.24, 2.45) is 5.92 Å². The zero-order valence-electron chi connectivity index (χ0n) is 12.4. The average molecular weight is 292 g/mol. The van der Waals surface area contributed by atoms with Crippen molar-refractivity contribution in [3.63, 3.8) is 0 Å². The standard InChI is InChI=1S/C15H20N2O4/c1-10(2)7-8-16-13(18)14(19)17-12-6-4-5-11(9-12)15(20)21-3/h4-6,9-10H,7-8H2,1-3H3,(H,16,18)(H,17,19). The second-order valence-electron chi connectivity index (χ2n) is 4.96. The predicted molar refractivity (Wildman–Crippen MR) is 78.9 cm³/mol. The van der Waals surface area contributed by atoms with Crippen LogP contribution >= 0.6 is 0 Å². The van der Waals surface area contributed by atoms with Gasteiger partial charge in [0, 0.05) is 12.2 Å². The van der Waals surface area contributed by atoms with Gasteiger partial charge in [0.1, 0.15) is 0 Å². The zero-order valence-corrected chi connectivity index (χ0v) is 12.4. The Kier molecular flexibility index (Phi) is 6.39. The molecule has 2 amide bonds. The monoisotopic (exact) mass is 292 g/mol. The van der Waals surface area contributed by atoms with E-state index >= 15 is 0 Å². The molecule has 21 heavy (non-hydrogen) atoms. The predicted octanol–water partition coefficient (Wildman–Crippen LogP) is 1.57. The molecule has 1 aromatic carbocycles. The van der Waals surface area contributed by atoms with Gasteiger partial charge in [0.25, 0.3) is 0 Å². The second kappa shape index (κ2) is 8.04. The van der Waals surface area contributed by atoms with E-state index in [2.05, 4.69) is 15.4 Å². The van der Waals surface area contributed by atoms with Gasteiger partial charge in [0.05, 0.1) is 12.7 Å². The molecule has 0 aromatic heterocycles. The van der Waals surface area contributed by atoms with E-state index in [0.717, 1.165) is 6.42 Å². The summed E-state index contributed by atoms with van der Waals surface area (Å²) < 4.78 is 4.59. The number of hydrogen-bond donors (Lipinski definition) is 2. The Labute approximate surface area is 123 Å². The fourth-order valence-electron chi connectivity index (χ4n) is 1.58. The molecule has 0 aliphatic carbocycles.